The van der Waals surface area contributed by atoms with Gasteiger partial charge in [0.25, 0.3) is 5.69 Å². The predicted molar refractivity (Wildman–Crippen MR) is 79.6 cm³/mol. The first-order chi connectivity index (χ1) is 9.97. The maximum atomic E-state index is 11.1. The molecular weight excluding hydrogens is 272 g/mol. The van der Waals surface area contributed by atoms with E-state index < -0.39 is 5.97 Å². The van der Waals surface area contributed by atoms with E-state index in [1.54, 1.807) is 12.1 Å². The molecule has 1 saturated heterocycles. The van der Waals surface area contributed by atoms with Gasteiger partial charge < -0.3 is 10.0 Å². The summed E-state index contributed by atoms with van der Waals surface area (Å²) in [5.74, 6) is -0.354. The van der Waals surface area contributed by atoms with E-state index in [1.807, 2.05) is 17.9 Å². The Kier molecular flexibility index (Phi) is 4.77. The maximum Gasteiger partial charge on any atom is 0.303 e. The number of carboxylic acid groups (broad SMARTS) is 1. The van der Waals surface area contributed by atoms with Crippen molar-refractivity contribution in [3.8, 4) is 0 Å². The van der Waals surface area contributed by atoms with E-state index in [4.69, 9.17) is 5.11 Å². The number of benzene rings is 1. The van der Waals surface area contributed by atoms with Gasteiger partial charge in [0.1, 0.15) is 5.69 Å². The molecule has 1 aromatic carbocycles. The van der Waals surface area contributed by atoms with Gasteiger partial charge in [0, 0.05) is 25.6 Å². The molecule has 0 aromatic heterocycles. The lowest BCUT2D eigenvalue weighted by molar-refractivity contribution is -0.384. The van der Waals surface area contributed by atoms with Crippen LogP contribution in [0.3, 0.4) is 0 Å². The molecule has 0 aliphatic carbocycles. The lowest BCUT2D eigenvalue weighted by Gasteiger charge is -2.33. The van der Waals surface area contributed by atoms with Crippen LogP contribution >= 0.6 is 0 Å². The molecule has 0 spiro atoms. The number of aliphatic carboxylic acids is 1. The molecule has 0 unspecified atom stereocenters. The van der Waals surface area contributed by atoms with Crippen molar-refractivity contribution in [2.75, 3.05) is 18.0 Å². The highest BCUT2D eigenvalue weighted by atomic mass is 16.6. The van der Waals surface area contributed by atoms with Gasteiger partial charge in [-0.3, -0.25) is 14.9 Å². The van der Waals surface area contributed by atoms with Crippen LogP contribution in [0.25, 0.3) is 0 Å². The van der Waals surface area contributed by atoms with Gasteiger partial charge in [-0.15, -0.1) is 0 Å². The van der Waals surface area contributed by atoms with E-state index in [0.717, 1.165) is 31.5 Å². The Morgan fingerprint density at radius 3 is 2.67 bits per heavy atom. The van der Waals surface area contributed by atoms with E-state index in [1.165, 1.54) is 0 Å². The largest absolute Gasteiger partial charge is 0.481 e. The van der Waals surface area contributed by atoms with Crippen LogP contribution in [-0.4, -0.2) is 29.1 Å². The first-order valence-electron chi connectivity index (χ1n) is 7.19. The molecule has 6 heteroatoms. The third-order valence-electron chi connectivity index (χ3n) is 4.05. The minimum atomic E-state index is -0.758. The molecule has 21 heavy (non-hydrogen) atoms. The van der Waals surface area contributed by atoms with Gasteiger partial charge in [0.2, 0.25) is 0 Å². The number of hydrogen-bond donors (Lipinski definition) is 1. The van der Waals surface area contributed by atoms with Gasteiger partial charge in [0.15, 0.2) is 0 Å². The number of hydrogen-bond acceptors (Lipinski definition) is 4. The van der Waals surface area contributed by atoms with Crippen molar-refractivity contribution < 1.29 is 14.8 Å². The number of carbonyl (C=O) groups is 1. The molecule has 0 bridgehead atoms. The average molecular weight is 292 g/mol. The second kappa shape index (κ2) is 6.56. The summed E-state index contributed by atoms with van der Waals surface area (Å²) in [6.45, 7) is 3.41. The van der Waals surface area contributed by atoms with Gasteiger partial charge in [0.05, 0.1) is 4.92 Å². The number of anilines is 1. The quantitative estimate of drug-likeness (QED) is 0.666. The maximum absolute atomic E-state index is 11.1. The molecule has 0 saturated carbocycles. The van der Waals surface area contributed by atoms with Crippen LogP contribution in [0.2, 0.25) is 0 Å². The Labute approximate surface area is 123 Å². The van der Waals surface area contributed by atoms with Crippen molar-refractivity contribution in [2.24, 2.45) is 5.92 Å². The van der Waals surface area contributed by atoms with Crippen molar-refractivity contribution >= 4 is 17.3 Å². The summed E-state index contributed by atoms with van der Waals surface area (Å²) in [5, 5.41) is 19.8. The third kappa shape index (κ3) is 3.93. The Morgan fingerprint density at radius 2 is 2.10 bits per heavy atom. The highest BCUT2D eigenvalue weighted by molar-refractivity contribution is 5.66. The van der Waals surface area contributed by atoms with Crippen molar-refractivity contribution in [3.63, 3.8) is 0 Å². The van der Waals surface area contributed by atoms with Crippen LogP contribution in [0.4, 0.5) is 11.4 Å². The van der Waals surface area contributed by atoms with Crippen molar-refractivity contribution in [1.82, 2.24) is 0 Å². The summed E-state index contributed by atoms with van der Waals surface area (Å²) in [5.41, 5.74) is 1.82. The standard InChI is InChI=1S/C15H20N2O4/c1-11-2-4-13(17(20)21)14(10-11)16-8-6-12(7-9-16)3-5-15(18)19/h2,4,10,12H,3,5-9H2,1H3,(H,18,19). The zero-order valence-electron chi connectivity index (χ0n) is 12.1. The minimum Gasteiger partial charge on any atom is -0.481 e. The molecule has 1 N–H and O–H groups in total. The van der Waals surface area contributed by atoms with E-state index >= 15 is 0 Å². The highest BCUT2D eigenvalue weighted by Crippen LogP contribution is 2.33. The molecule has 1 aromatic rings. The molecule has 0 atom stereocenters. The fraction of sp³-hybridized carbons (Fsp3) is 0.533. The molecule has 6 nitrogen and oxygen atoms in total. The molecule has 0 radical (unpaired) electrons. The Balaban J connectivity index is 2.03. The van der Waals surface area contributed by atoms with Crippen molar-refractivity contribution in [3.05, 3.63) is 33.9 Å². The van der Waals surface area contributed by atoms with Crippen LogP contribution in [0.15, 0.2) is 18.2 Å². The second-order valence-electron chi connectivity index (χ2n) is 5.61. The number of nitro groups is 1. The summed E-state index contributed by atoms with van der Waals surface area (Å²) in [4.78, 5) is 23.4. The summed E-state index contributed by atoms with van der Waals surface area (Å²) >= 11 is 0. The van der Waals surface area contributed by atoms with Crippen molar-refractivity contribution in [2.45, 2.75) is 32.6 Å². The summed E-state index contributed by atoms with van der Waals surface area (Å²) in [7, 11) is 0. The molecule has 0 amide bonds. The lowest BCUT2D eigenvalue weighted by atomic mass is 9.92. The van der Waals surface area contributed by atoms with E-state index in [2.05, 4.69) is 0 Å². The molecule has 2 rings (SSSR count). The fourth-order valence-corrected chi connectivity index (χ4v) is 2.83. The fourth-order valence-electron chi connectivity index (χ4n) is 2.83. The Morgan fingerprint density at radius 1 is 1.43 bits per heavy atom. The molecule has 1 aliphatic heterocycles. The van der Waals surface area contributed by atoms with Crippen LogP contribution in [-0.2, 0) is 4.79 Å². The first kappa shape index (κ1) is 15.3. The van der Waals surface area contributed by atoms with Crippen LogP contribution < -0.4 is 4.90 Å². The van der Waals surface area contributed by atoms with Gasteiger partial charge in [-0.1, -0.05) is 6.07 Å². The van der Waals surface area contributed by atoms with Crippen LogP contribution in [0.1, 0.15) is 31.2 Å². The smallest absolute Gasteiger partial charge is 0.303 e. The number of carboxylic acids is 1. The molecular formula is C15H20N2O4. The van der Waals surface area contributed by atoms with Gasteiger partial charge in [-0.05, 0) is 43.7 Å². The molecule has 1 fully saturated rings. The summed E-state index contributed by atoms with van der Waals surface area (Å²) in [6.07, 6.45) is 2.67. The zero-order valence-corrected chi connectivity index (χ0v) is 12.1. The summed E-state index contributed by atoms with van der Waals surface area (Å²) < 4.78 is 0. The number of aryl methyl sites for hydroxylation is 1. The number of nitrogens with zero attached hydrogens (tertiary/aromatic N) is 2. The first-order valence-corrected chi connectivity index (χ1v) is 7.19. The minimum absolute atomic E-state index is 0.143. The monoisotopic (exact) mass is 292 g/mol. The molecule has 114 valence electrons. The number of nitro benzene ring substituents is 1. The average Bonchev–Trinajstić information content (AvgIpc) is 2.45. The summed E-state index contributed by atoms with van der Waals surface area (Å²) in [6, 6.07) is 5.16. The molecule has 1 heterocycles. The van der Waals surface area contributed by atoms with Gasteiger partial charge in [-0.25, -0.2) is 0 Å². The van der Waals surface area contributed by atoms with Gasteiger partial charge in [-0.2, -0.15) is 0 Å². The van der Waals surface area contributed by atoms with Crippen LogP contribution in [0, 0.1) is 23.0 Å². The van der Waals surface area contributed by atoms with Gasteiger partial charge >= 0.3 is 5.97 Å². The lowest BCUT2D eigenvalue weighted by Crippen LogP contribution is -2.34. The second-order valence-corrected chi connectivity index (χ2v) is 5.61. The topological polar surface area (TPSA) is 83.7 Å². The predicted octanol–water partition coefficient (Wildman–Crippen LogP) is 2.98. The van der Waals surface area contributed by atoms with Crippen LogP contribution in [0.5, 0.6) is 0 Å². The number of piperidine rings is 1. The Bertz CT molecular complexity index is 536. The molecule has 1 aliphatic rings. The zero-order chi connectivity index (χ0) is 15.4. The van der Waals surface area contributed by atoms with E-state index in [-0.39, 0.29) is 17.0 Å². The third-order valence-corrected chi connectivity index (χ3v) is 4.05. The SMILES string of the molecule is Cc1ccc([N+](=O)[O-])c(N2CCC(CCC(=O)O)CC2)c1. The van der Waals surface area contributed by atoms with E-state index in [9.17, 15) is 14.9 Å². The van der Waals surface area contributed by atoms with Crippen molar-refractivity contribution in [1.29, 1.82) is 0 Å². The normalized spacial score (nSPS) is 16.0. The highest BCUT2D eigenvalue weighted by Gasteiger charge is 2.25. The number of rotatable bonds is 5. The van der Waals surface area contributed by atoms with E-state index in [0.29, 0.717) is 18.0 Å². The Hall–Kier alpha value is -2.11.